The van der Waals surface area contributed by atoms with Crippen molar-refractivity contribution in [3.05, 3.63) is 35.4 Å². The predicted molar refractivity (Wildman–Crippen MR) is 103 cm³/mol. The fraction of sp³-hybridized carbons (Fsp3) is 0.556. The van der Waals surface area contributed by atoms with Gasteiger partial charge in [-0.1, -0.05) is 29.8 Å². The van der Waals surface area contributed by atoms with E-state index in [-0.39, 0.29) is 12.1 Å². The molecule has 1 aromatic rings. The Morgan fingerprint density at radius 1 is 1.08 bits per heavy atom. The third-order valence-electron chi connectivity index (χ3n) is 4.13. The maximum atomic E-state index is 12.2. The molecule has 2 rings (SSSR count). The van der Waals surface area contributed by atoms with Crippen LogP contribution in [0, 0.1) is 6.92 Å². The van der Waals surface area contributed by atoms with Crippen LogP contribution in [-0.2, 0) is 5.75 Å². The van der Waals surface area contributed by atoms with Gasteiger partial charge >= 0.3 is 12.1 Å². The minimum absolute atomic E-state index is 0.00700. The van der Waals surface area contributed by atoms with Crippen LogP contribution in [0.5, 0.6) is 0 Å². The second-order valence-corrected chi connectivity index (χ2v) is 7.53. The smallest absolute Gasteiger partial charge is 0.319 e. The summed E-state index contributed by atoms with van der Waals surface area (Å²) in [4.78, 5) is 29.2. The zero-order valence-electron chi connectivity index (χ0n) is 15.3. The van der Waals surface area contributed by atoms with Crippen LogP contribution in [0.2, 0.25) is 0 Å². The number of nitrogens with zero attached hydrogens (tertiary/aromatic N) is 3. The number of urea groups is 2. The second-order valence-electron chi connectivity index (χ2n) is 6.42. The Balaban J connectivity index is 1.60. The summed E-state index contributed by atoms with van der Waals surface area (Å²) in [5, 5.41) is 2.97. The zero-order valence-corrected chi connectivity index (χ0v) is 16.1. The third kappa shape index (κ3) is 6.16. The lowest BCUT2D eigenvalue weighted by Gasteiger charge is -2.35. The lowest BCUT2D eigenvalue weighted by Crippen LogP contribution is -2.55. The number of carbonyl (C=O) groups excluding carboxylic acids is 2. The number of benzene rings is 1. The monoisotopic (exact) mass is 364 g/mol. The molecule has 1 heterocycles. The highest BCUT2D eigenvalue weighted by molar-refractivity contribution is 7.98. The lowest BCUT2D eigenvalue weighted by atomic mass is 10.2. The first kappa shape index (κ1) is 19.4. The number of amides is 4. The van der Waals surface area contributed by atoms with Gasteiger partial charge in [0.25, 0.3) is 0 Å². The second kappa shape index (κ2) is 9.56. The Kier molecular flexibility index (Phi) is 7.43. The maximum absolute atomic E-state index is 12.2. The van der Waals surface area contributed by atoms with E-state index >= 15 is 0 Å². The van der Waals surface area contributed by atoms with Gasteiger partial charge < -0.3 is 20.0 Å². The van der Waals surface area contributed by atoms with E-state index in [1.54, 1.807) is 28.8 Å². The SMILES string of the molecule is Cc1ccc(CSCCNC(=O)N2CCN(C(=O)N(C)C)CC2)cc1. The Morgan fingerprint density at radius 2 is 1.68 bits per heavy atom. The molecule has 1 aromatic carbocycles. The summed E-state index contributed by atoms with van der Waals surface area (Å²) in [6, 6.07) is 8.52. The summed E-state index contributed by atoms with van der Waals surface area (Å²) in [5.74, 6) is 1.85. The largest absolute Gasteiger partial charge is 0.337 e. The molecule has 0 bridgehead atoms. The molecule has 1 saturated heterocycles. The number of hydrogen-bond donors (Lipinski definition) is 1. The van der Waals surface area contributed by atoms with Gasteiger partial charge in [-0.15, -0.1) is 0 Å². The van der Waals surface area contributed by atoms with E-state index in [1.165, 1.54) is 11.1 Å². The molecule has 1 N–H and O–H groups in total. The van der Waals surface area contributed by atoms with E-state index in [0.29, 0.717) is 32.7 Å². The van der Waals surface area contributed by atoms with Crippen LogP contribution in [0.4, 0.5) is 9.59 Å². The summed E-state index contributed by atoms with van der Waals surface area (Å²) in [6.07, 6.45) is 0. The van der Waals surface area contributed by atoms with Crippen LogP contribution in [-0.4, -0.2) is 79.3 Å². The summed E-state index contributed by atoms with van der Waals surface area (Å²) in [5.41, 5.74) is 2.58. The van der Waals surface area contributed by atoms with Crippen LogP contribution in [0.3, 0.4) is 0 Å². The third-order valence-corrected chi connectivity index (χ3v) is 5.16. The predicted octanol–water partition coefficient (Wildman–Crippen LogP) is 2.24. The van der Waals surface area contributed by atoms with Gasteiger partial charge in [-0.25, -0.2) is 9.59 Å². The van der Waals surface area contributed by atoms with E-state index in [4.69, 9.17) is 0 Å². The van der Waals surface area contributed by atoms with Gasteiger partial charge in [0.2, 0.25) is 0 Å². The van der Waals surface area contributed by atoms with Gasteiger partial charge in [0.05, 0.1) is 0 Å². The van der Waals surface area contributed by atoms with E-state index < -0.39 is 0 Å². The van der Waals surface area contributed by atoms with Crippen LogP contribution in [0.15, 0.2) is 24.3 Å². The summed E-state index contributed by atoms with van der Waals surface area (Å²) < 4.78 is 0. The first-order chi connectivity index (χ1) is 12.0. The molecule has 0 unspecified atom stereocenters. The molecule has 1 aliphatic rings. The maximum Gasteiger partial charge on any atom is 0.319 e. The molecule has 0 spiro atoms. The molecule has 25 heavy (non-hydrogen) atoms. The topological polar surface area (TPSA) is 55.9 Å². The highest BCUT2D eigenvalue weighted by Crippen LogP contribution is 2.12. The van der Waals surface area contributed by atoms with Gasteiger partial charge in [-0.05, 0) is 12.5 Å². The van der Waals surface area contributed by atoms with E-state index in [2.05, 4.69) is 36.5 Å². The van der Waals surface area contributed by atoms with Crippen molar-refractivity contribution in [2.45, 2.75) is 12.7 Å². The van der Waals surface area contributed by atoms with Gasteiger partial charge in [0.15, 0.2) is 0 Å². The highest BCUT2D eigenvalue weighted by atomic mass is 32.2. The number of hydrogen-bond acceptors (Lipinski definition) is 3. The van der Waals surface area contributed by atoms with Crippen molar-refractivity contribution in [1.82, 2.24) is 20.0 Å². The number of carbonyl (C=O) groups is 2. The molecule has 6 nitrogen and oxygen atoms in total. The van der Waals surface area contributed by atoms with E-state index in [0.717, 1.165) is 11.5 Å². The van der Waals surface area contributed by atoms with Gasteiger partial charge in [0, 0.05) is 58.3 Å². The molecule has 138 valence electrons. The van der Waals surface area contributed by atoms with Crippen LogP contribution in [0.25, 0.3) is 0 Å². The molecule has 7 heteroatoms. The number of piperazine rings is 1. The van der Waals surface area contributed by atoms with Crippen molar-refractivity contribution < 1.29 is 9.59 Å². The standard InChI is InChI=1S/C18H28N4O2S/c1-15-4-6-16(7-5-15)14-25-13-8-19-17(23)21-9-11-22(12-10-21)18(24)20(2)3/h4-7H,8-14H2,1-3H3,(H,19,23). The quantitative estimate of drug-likeness (QED) is 0.815. The Bertz CT molecular complexity index is 569. The summed E-state index contributed by atoms with van der Waals surface area (Å²) >= 11 is 1.82. The molecule has 1 fully saturated rings. The van der Waals surface area contributed by atoms with Crippen molar-refractivity contribution >= 4 is 23.8 Å². The molecule has 0 radical (unpaired) electrons. The first-order valence-corrected chi connectivity index (χ1v) is 9.75. The lowest BCUT2D eigenvalue weighted by molar-refractivity contribution is 0.129. The molecule has 1 aliphatic heterocycles. The average molecular weight is 365 g/mol. The Hall–Kier alpha value is -1.89. The normalized spacial score (nSPS) is 14.4. The van der Waals surface area contributed by atoms with E-state index in [1.807, 2.05) is 11.8 Å². The van der Waals surface area contributed by atoms with Crippen molar-refractivity contribution in [1.29, 1.82) is 0 Å². The van der Waals surface area contributed by atoms with Crippen LogP contribution in [0.1, 0.15) is 11.1 Å². The van der Waals surface area contributed by atoms with Gasteiger partial charge in [0.1, 0.15) is 0 Å². The van der Waals surface area contributed by atoms with Gasteiger partial charge in [-0.3, -0.25) is 0 Å². The molecule has 0 aromatic heterocycles. The van der Waals surface area contributed by atoms with Crippen molar-refractivity contribution in [2.75, 3.05) is 52.6 Å². The van der Waals surface area contributed by atoms with Crippen molar-refractivity contribution in [3.63, 3.8) is 0 Å². The van der Waals surface area contributed by atoms with Crippen molar-refractivity contribution in [2.24, 2.45) is 0 Å². The molecule has 0 saturated carbocycles. The molecule has 0 atom stereocenters. The van der Waals surface area contributed by atoms with Crippen LogP contribution >= 0.6 is 11.8 Å². The highest BCUT2D eigenvalue weighted by Gasteiger charge is 2.24. The minimum Gasteiger partial charge on any atom is -0.337 e. The number of thioether (sulfide) groups is 1. The first-order valence-electron chi connectivity index (χ1n) is 8.59. The Labute approximate surface area is 154 Å². The van der Waals surface area contributed by atoms with Crippen molar-refractivity contribution in [3.8, 4) is 0 Å². The minimum atomic E-state index is -0.0344. The Morgan fingerprint density at radius 3 is 2.28 bits per heavy atom. The molecule has 0 aliphatic carbocycles. The number of rotatable bonds is 5. The summed E-state index contributed by atoms with van der Waals surface area (Å²) in [7, 11) is 3.49. The molecular weight excluding hydrogens is 336 g/mol. The fourth-order valence-electron chi connectivity index (χ4n) is 2.60. The van der Waals surface area contributed by atoms with E-state index in [9.17, 15) is 9.59 Å². The number of aryl methyl sites for hydroxylation is 1. The molecular formula is C18H28N4O2S. The fourth-order valence-corrected chi connectivity index (χ4v) is 3.42. The van der Waals surface area contributed by atoms with Crippen LogP contribution < -0.4 is 5.32 Å². The average Bonchev–Trinajstić information content (AvgIpc) is 2.62. The number of nitrogens with one attached hydrogen (secondary N) is 1. The molecule has 4 amide bonds. The summed E-state index contributed by atoms with van der Waals surface area (Å²) in [6.45, 7) is 5.10. The zero-order chi connectivity index (χ0) is 18.2. The van der Waals surface area contributed by atoms with Gasteiger partial charge in [-0.2, -0.15) is 11.8 Å².